The lowest BCUT2D eigenvalue weighted by atomic mass is 10.0. The van der Waals surface area contributed by atoms with Gasteiger partial charge in [-0.25, -0.2) is 0 Å². The van der Waals surface area contributed by atoms with Gasteiger partial charge in [0, 0.05) is 23.2 Å². The lowest BCUT2D eigenvalue weighted by Crippen LogP contribution is -2.21. The first kappa shape index (κ1) is 16.4. The van der Waals surface area contributed by atoms with Gasteiger partial charge >= 0.3 is 0 Å². The van der Waals surface area contributed by atoms with Crippen molar-refractivity contribution in [2.75, 3.05) is 5.32 Å². The normalized spacial score (nSPS) is 13.6. The van der Waals surface area contributed by atoms with Gasteiger partial charge < -0.3 is 11.1 Å². The summed E-state index contributed by atoms with van der Waals surface area (Å²) in [6.45, 7) is 5.41. The second kappa shape index (κ2) is 7.80. The van der Waals surface area contributed by atoms with E-state index in [4.69, 9.17) is 5.73 Å². The second-order valence-electron chi connectivity index (χ2n) is 5.43. The SMILES string of the molecule is CC(=O)c1ccc(NC(=O)C(C)CCCC(C)N)cc1. The van der Waals surface area contributed by atoms with Crippen LogP contribution in [0.2, 0.25) is 0 Å². The number of nitrogens with two attached hydrogens (primary N) is 1. The van der Waals surface area contributed by atoms with E-state index >= 15 is 0 Å². The highest BCUT2D eigenvalue weighted by atomic mass is 16.1. The molecule has 3 N–H and O–H groups in total. The van der Waals surface area contributed by atoms with Crippen molar-refractivity contribution in [2.24, 2.45) is 11.7 Å². The van der Waals surface area contributed by atoms with Gasteiger partial charge in [0.25, 0.3) is 0 Å². The Morgan fingerprint density at radius 2 is 1.75 bits per heavy atom. The van der Waals surface area contributed by atoms with Crippen LogP contribution >= 0.6 is 0 Å². The van der Waals surface area contributed by atoms with Crippen molar-refractivity contribution < 1.29 is 9.59 Å². The Hall–Kier alpha value is -1.68. The van der Waals surface area contributed by atoms with Gasteiger partial charge in [-0.3, -0.25) is 9.59 Å². The van der Waals surface area contributed by atoms with E-state index in [1.165, 1.54) is 6.92 Å². The molecule has 2 atom stereocenters. The molecule has 110 valence electrons. The Morgan fingerprint density at radius 3 is 2.25 bits per heavy atom. The van der Waals surface area contributed by atoms with Crippen LogP contribution in [-0.4, -0.2) is 17.7 Å². The van der Waals surface area contributed by atoms with E-state index in [0.29, 0.717) is 5.56 Å². The highest BCUT2D eigenvalue weighted by molar-refractivity contribution is 5.96. The molecule has 0 heterocycles. The third-order valence-corrected chi connectivity index (χ3v) is 3.30. The molecule has 1 rings (SSSR count). The summed E-state index contributed by atoms with van der Waals surface area (Å²) in [4.78, 5) is 23.2. The number of hydrogen-bond donors (Lipinski definition) is 2. The third-order valence-electron chi connectivity index (χ3n) is 3.30. The maximum absolute atomic E-state index is 12.0. The molecule has 0 aromatic heterocycles. The Labute approximate surface area is 120 Å². The number of nitrogens with one attached hydrogen (secondary N) is 1. The van der Waals surface area contributed by atoms with E-state index in [1.54, 1.807) is 24.3 Å². The maximum Gasteiger partial charge on any atom is 0.227 e. The highest BCUT2D eigenvalue weighted by Crippen LogP contribution is 2.14. The van der Waals surface area contributed by atoms with Crippen molar-refractivity contribution in [3.63, 3.8) is 0 Å². The number of hydrogen-bond acceptors (Lipinski definition) is 3. The van der Waals surface area contributed by atoms with Crippen LogP contribution in [0.1, 0.15) is 50.4 Å². The van der Waals surface area contributed by atoms with Crippen LogP contribution in [0.4, 0.5) is 5.69 Å². The number of carbonyl (C=O) groups excluding carboxylic acids is 2. The van der Waals surface area contributed by atoms with Crippen molar-refractivity contribution in [2.45, 2.75) is 46.1 Å². The molecule has 0 fully saturated rings. The molecular formula is C16H24N2O2. The number of ketones is 1. The van der Waals surface area contributed by atoms with Gasteiger partial charge in [0.15, 0.2) is 5.78 Å². The van der Waals surface area contributed by atoms with E-state index < -0.39 is 0 Å². The number of Topliss-reactive ketones (excluding diaryl/α,β-unsaturated/α-hetero) is 1. The summed E-state index contributed by atoms with van der Waals surface area (Å²) in [5.74, 6) is -0.0152. The number of amides is 1. The minimum atomic E-state index is -0.0405. The average molecular weight is 276 g/mol. The van der Waals surface area contributed by atoms with Gasteiger partial charge in [0.1, 0.15) is 0 Å². The van der Waals surface area contributed by atoms with E-state index in [0.717, 1.165) is 24.9 Å². The molecule has 0 bridgehead atoms. The van der Waals surface area contributed by atoms with Crippen molar-refractivity contribution in [1.29, 1.82) is 0 Å². The molecule has 0 aliphatic rings. The van der Waals surface area contributed by atoms with Crippen LogP contribution in [0.5, 0.6) is 0 Å². The maximum atomic E-state index is 12.0. The Kier molecular flexibility index (Phi) is 6.39. The fraction of sp³-hybridized carbons (Fsp3) is 0.500. The van der Waals surface area contributed by atoms with Gasteiger partial charge in [-0.1, -0.05) is 13.3 Å². The molecule has 20 heavy (non-hydrogen) atoms. The molecule has 1 aromatic rings. The molecular weight excluding hydrogens is 252 g/mol. The summed E-state index contributed by atoms with van der Waals surface area (Å²) in [5.41, 5.74) is 7.06. The summed E-state index contributed by atoms with van der Waals surface area (Å²) >= 11 is 0. The largest absolute Gasteiger partial charge is 0.328 e. The Bertz CT molecular complexity index is 452. The van der Waals surface area contributed by atoms with Crippen LogP contribution in [0.25, 0.3) is 0 Å². The summed E-state index contributed by atoms with van der Waals surface area (Å²) in [6.07, 6.45) is 2.72. The van der Waals surface area contributed by atoms with Crippen molar-refractivity contribution in [3.05, 3.63) is 29.8 Å². The third kappa shape index (κ3) is 5.53. The molecule has 1 amide bonds. The first-order chi connectivity index (χ1) is 9.40. The summed E-state index contributed by atoms with van der Waals surface area (Å²) < 4.78 is 0. The predicted octanol–water partition coefficient (Wildman–Crippen LogP) is 2.98. The first-order valence-corrected chi connectivity index (χ1v) is 7.07. The zero-order chi connectivity index (χ0) is 15.1. The lowest BCUT2D eigenvalue weighted by Gasteiger charge is -2.13. The van der Waals surface area contributed by atoms with Crippen LogP contribution in [0, 0.1) is 5.92 Å². The zero-order valence-electron chi connectivity index (χ0n) is 12.5. The zero-order valence-corrected chi connectivity index (χ0v) is 12.5. The van der Waals surface area contributed by atoms with Gasteiger partial charge in [-0.15, -0.1) is 0 Å². The monoisotopic (exact) mass is 276 g/mol. The van der Waals surface area contributed by atoms with Gasteiger partial charge in [0.05, 0.1) is 0 Å². The van der Waals surface area contributed by atoms with Crippen molar-refractivity contribution in [3.8, 4) is 0 Å². The second-order valence-corrected chi connectivity index (χ2v) is 5.43. The van der Waals surface area contributed by atoms with Crippen molar-refractivity contribution in [1.82, 2.24) is 0 Å². The van der Waals surface area contributed by atoms with Gasteiger partial charge in [-0.2, -0.15) is 0 Å². The minimum Gasteiger partial charge on any atom is -0.328 e. The molecule has 0 aliphatic heterocycles. The standard InChI is InChI=1S/C16H24N2O2/c1-11(5-4-6-12(2)17)16(20)18-15-9-7-14(8-10-15)13(3)19/h7-12H,4-6,17H2,1-3H3,(H,18,20). The molecule has 0 radical (unpaired) electrons. The molecule has 4 nitrogen and oxygen atoms in total. The van der Waals surface area contributed by atoms with E-state index in [1.807, 2.05) is 13.8 Å². The smallest absolute Gasteiger partial charge is 0.227 e. The topological polar surface area (TPSA) is 72.2 Å². The first-order valence-electron chi connectivity index (χ1n) is 7.07. The number of benzene rings is 1. The van der Waals surface area contributed by atoms with E-state index in [9.17, 15) is 9.59 Å². The van der Waals surface area contributed by atoms with Gasteiger partial charge in [0.2, 0.25) is 5.91 Å². The molecule has 1 aromatic carbocycles. The number of rotatable bonds is 7. The van der Waals surface area contributed by atoms with E-state index in [2.05, 4.69) is 5.32 Å². The van der Waals surface area contributed by atoms with Crippen LogP contribution in [0.3, 0.4) is 0 Å². The minimum absolute atomic E-state index is 0.00486. The number of carbonyl (C=O) groups is 2. The molecule has 4 heteroatoms. The molecule has 0 spiro atoms. The molecule has 0 saturated carbocycles. The van der Waals surface area contributed by atoms with Crippen LogP contribution in [0.15, 0.2) is 24.3 Å². The summed E-state index contributed by atoms with van der Waals surface area (Å²) in [6, 6.07) is 7.13. The van der Waals surface area contributed by atoms with Gasteiger partial charge in [-0.05, 0) is 51.0 Å². The molecule has 0 aliphatic carbocycles. The predicted molar refractivity (Wildman–Crippen MR) is 81.7 cm³/mol. The fourth-order valence-electron chi connectivity index (χ4n) is 1.93. The van der Waals surface area contributed by atoms with Crippen LogP contribution in [-0.2, 0) is 4.79 Å². The molecule has 0 saturated heterocycles. The van der Waals surface area contributed by atoms with Crippen molar-refractivity contribution >= 4 is 17.4 Å². The Morgan fingerprint density at radius 1 is 1.15 bits per heavy atom. The van der Waals surface area contributed by atoms with Crippen LogP contribution < -0.4 is 11.1 Å². The summed E-state index contributed by atoms with van der Waals surface area (Å²) in [5, 5.41) is 2.86. The molecule has 2 unspecified atom stereocenters. The fourth-order valence-corrected chi connectivity index (χ4v) is 1.93. The Balaban J connectivity index is 2.46. The number of anilines is 1. The quantitative estimate of drug-likeness (QED) is 0.752. The summed E-state index contributed by atoms with van der Waals surface area (Å²) in [7, 11) is 0. The van der Waals surface area contributed by atoms with E-state index in [-0.39, 0.29) is 23.7 Å². The highest BCUT2D eigenvalue weighted by Gasteiger charge is 2.13. The lowest BCUT2D eigenvalue weighted by molar-refractivity contribution is -0.119. The average Bonchev–Trinajstić information content (AvgIpc) is 2.38.